The molecule has 2 saturated carbocycles. The average molecular weight is 224 g/mol. The normalized spacial score (nSPS) is 46.7. The fourth-order valence-electron chi connectivity index (χ4n) is 4.58. The predicted octanol–water partition coefficient (Wildman–Crippen LogP) is 2.74. The third-order valence-electron chi connectivity index (χ3n) is 5.32. The van der Waals surface area contributed by atoms with Gasteiger partial charge in [-0.1, -0.05) is 6.42 Å². The number of fused-ring (bicyclic) bond motifs is 1. The lowest BCUT2D eigenvalue weighted by Crippen LogP contribution is -2.49. The summed E-state index contributed by atoms with van der Waals surface area (Å²) in [6.45, 7) is 1.37. The van der Waals surface area contributed by atoms with Crippen molar-refractivity contribution in [3.63, 3.8) is 0 Å². The molecule has 1 heterocycles. The van der Waals surface area contributed by atoms with Gasteiger partial charge in [0.25, 0.3) is 0 Å². The van der Waals surface area contributed by atoms with Crippen LogP contribution in [-0.4, -0.2) is 23.9 Å². The topological polar surface area (TPSA) is 29.5 Å². The van der Waals surface area contributed by atoms with Crippen LogP contribution in [0.4, 0.5) is 0 Å². The lowest BCUT2D eigenvalue weighted by Gasteiger charge is -2.49. The second-order valence-electron chi connectivity index (χ2n) is 6.10. The molecule has 1 aliphatic heterocycles. The molecule has 1 saturated heterocycles. The van der Waals surface area contributed by atoms with Crippen LogP contribution in [0.15, 0.2) is 0 Å². The molecular weight excluding hydrogens is 200 g/mol. The predicted molar refractivity (Wildman–Crippen MR) is 63.2 cm³/mol. The van der Waals surface area contributed by atoms with Gasteiger partial charge in [-0.05, 0) is 62.7 Å². The molecule has 0 aromatic rings. The largest absolute Gasteiger partial charge is 0.396 e. The van der Waals surface area contributed by atoms with Gasteiger partial charge in [-0.3, -0.25) is 0 Å². The van der Waals surface area contributed by atoms with Crippen LogP contribution in [-0.2, 0) is 4.74 Å². The Morgan fingerprint density at radius 1 is 1.19 bits per heavy atom. The van der Waals surface area contributed by atoms with E-state index in [9.17, 15) is 0 Å². The van der Waals surface area contributed by atoms with E-state index in [-0.39, 0.29) is 5.60 Å². The summed E-state index contributed by atoms with van der Waals surface area (Å²) >= 11 is 0. The summed E-state index contributed by atoms with van der Waals surface area (Å²) in [5.41, 5.74) is 0.246. The number of hydrogen-bond donors (Lipinski definition) is 1. The van der Waals surface area contributed by atoms with Crippen LogP contribution >= 0.6 is 0 Å². The van der Waals surface area contributed by atoms with Gasteiger partial charge in [0.05, 0.1) is 12.2 Å². The maximum absolute atomic E-state index is 9.02. The average Bonchev–Trinajstić information content (AvgIpc) is 2.65. The first-order valence-electron chi connectivity index (χ1n) is 7.10. The molecule has 3 aliphatic rings. The molecule has 2 nitrogen and oxygen atoms in total. The molecule has 4 unspecified atom stereocenters. The standard InChI is InChI=1S/C14H24O2/c15-8-2-5-12-3-1-4-13-7-6-11-9-14(12,13)16-10-11/h11-13,15H,1-10H2. The van der Waals surface area contributed by atoms with Crippen LogP contribution in [0.5, 0.6) is 0 Å². The molecule has 3 rings (SSSR count). The smallest absolute Gasteiger partial charge is 0.0742 e. The van der Waals surface area contributed by atoms with Gasteiger partial charge in [0.1, 0.15) is 0 Å². The Kier molecular flexibility index (Phi) is 2.97. The highest BCUT2D eigenvalue weighted by Crippen LogP contribution is 2.55. The van der Waals surface area contributed by atoms with Crippen LogP contribution in [0.3, 0.4) is 0 Å². The summed E-state index contributed by atoms with van der Waals surface area (Å²) in [5.74, 6) is 2.43. The highest BCUT2D eigenvalue weighted by Gasteiger charge is 2.54. The quantitative estimate of drug-likeness (QED) is 0.798. The zero-order chi connectivity index (χ0) is 11.0. The van der Waals surface area contributed by atoms with Crippen molar-refractivity contribution in [3.05, 3.63) is 0 Å². The Morgan fingerprint density at radius 2 is 2.12 bits per heavy atom. The maximum atomic E-state index is 9.02. The van der Waals surface area contributed by atoms with Gasteiger partial charge in [-0.2, -0.15) is 0 Å². The molecule has 2 aliphatic carbocycles. The van der Waals surface area contributed by atoms with E-state index in [0.29, 0.717) is 6.61 Å². The SMILES string of the molecule is OCCCC1CCCC2CCC3COC12C3. The minimum atomic E-state index is 0.246. The van der Waals surface area contributed by atoms with Crippen molar-refractivity contribution in [2.45, 2.75) is 57.0 Å². The third-order valence-corrected chi connectivity index (χ3v) is 5.32. The second-order valence-corrected chi connectivity index (χ2v) is 6.10. The van der Waals surface area contributed by atoms with Gasteiger partial charge in [-0.15, -0.1) is 0 Å². The van der Waals surface area contributed by atoms with E-state index < -0.39 is 0 Å². The number of aliphatic hydroxyl groups excluding tert-OH is 1. The minimum Gasteiger partial charge on any atom is -0.396 e. The Labute approximate surface area is 98.4 Å². The van der Waals surface area contributed by atoms with Crippen molar-refractivity contribution in [3.8, 4) is 0 Å². The fourth-order valence-corrected chi connectivity index (χ4v) is 4.58. The minimum absolute atomic E-state index is 0.246. The van der Waals surface area contributed by atoms with E-state index in [2.05, 4.69) is 0 Å². The van der Waals surface area contributed by atoms with E-state index in [0.717, 1.165) is 30.8 Å². The fraction of sp³-hybridized carbons (Fsp3) is 1.00. The molecule has 2 heteroatoms. The van der Waals surface area contributed by atoms with Gasteiger partial charge < -0.3 is 9.84 Å². The van der Waals surface area contributed by atoms with Crippen LogP contribution < -0.4 is 0 Å². The molecule has 0 aromatic heterocycles. The molecule has 0 amide bonds. The van der Waals surface area contributed by atoms with Crippen LogP contribution in [0, 0.1) is 17.8 Å². The monoisotopic (exact) mass is 224 g/mol. The molecule has 2 bridgehead atoms. The summed E-state index contributed by atoms with van der Waals surface area (Å²) in [7, 11) is 0. The number of ether oxygens (including phenoxy) is 1. The van der Waals surface area contributed by atoms with Crippen molar-refractivity contribution in [1.29, 1.82) is 0 Å². The van der Waals surface area contributed by atoms with Crippen LogP contribution in [0.25, 0.3) is 0 Å². The maximum Gasteiger partial charge on any atom is 0.0742 e. The molecule has 4 atom stereocenters. The van der Waals surface area contributed by atoms with E-state index in [1.807, 2.05) is 0 Å². The third kappa shape index (κ3) is 1.62. The Hall–Kier alpha value is -0.0800. The Morgan fingerprint density at radius 3 is 3.00 bits per heavy atom. The highest BCUT2D eigenvalue weighted by atomic mass is 16.5. The second kappa shape index (κ2) is 4.30. The van der Waals surface area contributed by atoms with Gasteiger partial charge in [0.15, 0.2) is 0 Å². The Bertz CT molecular complexity index is 253. The first-order valence-corrected chi connectivity index (χ1v) is 7.10. The van der Waals surface area contributed by atoms with Gasteiger partial charge in [-0.25, -0.2) is 0 Å². The molecular formula is C14H24O2. The summed E-state index contributed by atoms with van der Waals surface area (Å²) in [6, 6.07) is 0. The van der Waals surface area contributed by atoms with Gasteiger partial charge in [0.2, 0.25) is 0 Å². The summed E-state index contributed by atoms with van der Waals surface area (Å²) in [5, 5.41) is 9.02. The van der Waals surface area contributed by atoms with Crippen molar-refractivity contribution in [1.82, 2.24) is 0 Å². The molecule has 3 fully saturated rings. The van der Waals surface area contributed by atoms with E-state index in [4.69, 9.17) is 9.84 Å². The van der Waals surface area contributed by atoms with Crippen molar-refractivity contribution >= 4 is 0 Å². The van der Waals surface area contributed by atoms with E-state index >= 15 is 0 Å². The number of rotatable bonds is 3. The van der Waals surface area contributed by atoms with Crippen molar-refractivity contribution < 1.29 is 9.84 Å². The summed E-state index contributed by atoms with van der Waals surface area (Å²) in [6.07, 6.45) is 10.4. The first kappa shape index (κ1) is 11.0. The molecule has 16 heavy (non-hydrogen) atoms. The number of hydrogen-bond acceptors (Lipinski definition) is 2. The first-order chi connectivity index (χ1) is 7.85. The summed E-state index contributed by atoms with van der Waals surface area (Å²) < 4.78 is 6.30. The van der Waals surface area contributed by atoms with Crippen molar-refractivity contribution in [2.75, 3.05) is 13.2 Å². The zero-order valence-electron chi connectivity index (χ0n) is 10.2. The number of aliphatic hydroxyl groups is 1. The Balaban J connectivity index is 1.77. The highest BCUT2D eigenvalue weighted by molar-refractivity contribution is 5.04. The van der Waals surface area contributed by atoms with Gasteiger partial charge in [0, 0.05) is 6.61 Å². The lowest BCUT2D eigenvalue weighted by molar-refractivity contribution is -0.115. The molecule has 92 valence electrons. The van der Waals surface area contributed by atoms with E-state index in [1.165, 1.54) is 44.9 Å². The van der Waals surface area contributed by atoms with Gasteiger partial charge >= 0.3 is 0 Å². The van der Waals surface area contributed by atoms with Crippen LogP contribution in [0.1, 0.15) is 51.4 Å². The zero-order valence-corrected chi connectivity index (χ0v) is 10.2. The molecule has 1 spiro atoms. The molecule has 1 N–H and O–H groups in total. The van der Waals surface area contributed by atoms with Crippen LogP contribution in [0.2, 0.25) is 0 Å². The van der Waals surface area contributed by atoms with E-state index in [1.54, 1.807) is 0 Å². The molecule has 0 aromatic carbocycles. The summed E-state index contributed by atoms with van der Waals surface area (Å²) in [4.78, 5) is 0. The van der Waals surface area contributed by atoms with Crippen molar-refractivity contribution in [2.24, 2.45) is 17.8 Å². The lowest BCUT2D eigenvalue weighted by atomic mass is 9.60. The molecule has 0 radical (unpaired) electrons.